The Kier molecular flexibility index (Phi) is 3.30. The summed E-state index contributed by atoms with van der Waals surface area (Å²) in [7, 11) is 0. The molecule has 2 heterocycles. The number of aliphatic hydroxyl groups excluding tert-OH is 3. The molecule has 0 aromatic carbocycles. The SMILES string of the molecule is CC(C)=CCC12OC1C(O)C1=C(COC(C)C1O)C2O. The zero-order valence-corrected chi connectivity index (χ0v) is 12.0. The summed E-state index contributed by atoms with van der Waals surface area (Å²) in [5.74, 6) is 0. The smallest absolute Gasteiger partial charge is 0.131 e. The molecule has 0 aromatic rings. The van der Waals surface area contributed by atoms with Gasteiger partial charge in [0.1, 0.15) is 30.0 Å². The first-order valence-corrected chi connectivity index (χ1v) is 7.08. The van der Waals surface area contributed by atoms with Crippen LogP contribution in [-0.4, -0.2) is 58.0 Å². The number of epoxide rings is 1. The highest BCUT2D eigenvalue weighted by Crippen LogP contribution is 2.54. The number of allylic oxidation sites excluding steroid dienone is 1. The van der Waals surface area contributed by atoms with Crippen molar-refractivity contribution >= 4 is 0 Å². The van der Waals surface area contributed by atoms with Crippen LogP contribution in [0.4, 0.5) is 0 Å². The third-order valence-electron chi connectivity index (χ3n) is 4.63. The number of aliphatic hydroxyl groups is 3. The lowest BCUT2D eigenvalue weighted by Crippen LogP contribution is -2.51. The molecule has 6 unspecified atom stereocenters. The molecule has 0 spiro atoms. The van der Waals surface area contributed by atoms with Crippen molar-refractivity contribution in [3.63, 3.8) is 0 Å². The molecule has 112 valence electrons. The van der Waals surface area contributed by atoms with E-state index in [1.54, 1.807) is 6.92 Å². The van der Waals surface area contributed by atoms with Crippen molar-refractivity contribution < 1.29 is 24.8 Å². The van der Waals surface area contributed by atoms with E-state index in [1.807, 2.05) is 19.9 Å². The lowest BCUT2D eigenvalue weighted by Gasteiger charge is -2.39. The average Bonchev–Trinajstić information content (AvgIpc) is 3.14. The third kappa shape index (κ3) is 1.89. The zero-order chi connectivity index (χ0) is 14.7. The molecule has 6 atom stereocenters. The first-order valence-electron chi connectivity index (χ1n) is 7.08. The summed E-state index contributed by atoms with van der Waals surface area (Å²) in [5.41, 5.74) is 1.47. The lowest BCUT2D eigenvalue weighted by molar-refractivity contribution is -0.0435. The molecule has 1 saturated heterocycles. The van der Waals surface area contributed by atoms with Crippen molar-refractivity contribution in [3.05, 3.63) is 22.8 Å². The summed E-state index contributed by atoms with van der Waals surface area (Å²) in [6, 6.07) is 0. The molecule has 5 nitrogen and oxygen atoms in total. The molecule has 1 aliphatic carbocycles. The number of hydrogen-bond donors (Lipinski definition) is 3. The second-order valence-electron chi connectivity index (χ2n) is 6.27. The fraction of sp³-hybridized carbons (Fsp3) is 0.733. The van der Waals surface area contributed by atoms with Gasteiger partial charge in [-0.2, -0.15) is 0 Å². The Bertz CT molecular complexity index is 479. The van der Waals surface area contributed by atoms with Gasteiger partial charge in [0.25, 0.3) is 0 Å². The predicted molar refractivity (Wildman–Crippen MR) is 72.1 cm³/mol. The van der Waals surface area contributed by atoms with Gasteiger partial charge in [0.15, 0.2) is 0 Å². The van der Waals surface area contributed by atoms with Gasteiger partial charge < -0.3 is 24.8 Å². The maximum absolute atomic E-state index is 10.6. The van der Waals surface area contributed by atoms with Crippen LogP contribution in [0.2, 0.25) is 0 Å². The van der Waals surface area contributed by atoms with Crippen LogP contribution in [0.15, 0.2) is 22.8 Å². The van der Waals surface area contributed by atoms with Crippen LogP contribution in [0.25, 0.3) is 0 Å². The van der Waals surface area contributed by atoms with Crippen LogP contribution in [0.5, 0.6) is 0 Å². The highest BCUT2D eigenvalue weighted by atomic mass is 16.6. The lowest BCUT2D eigenvalue weighted by atomic mass is 9.75. The molecule has 0 aromatic heterocycles. The van der Waals surface area contributed by atoms with Gasteiger partial charge in [-0.25, -0.2) is 0 Å². The molecule has 0 bridgehead atoms. The highest BCUT2D eigenvalue weighted by molar-refractivity contribution is 5.42. The zero-order valence-electron chi connectivity index (χ0n) is 12.0. The highest BCUT2D eigenvalue weighted by Gasteiger charge is 2.68. The molecule has 5 heteroatoms. The number of ether oxygens (including phenoxy) is 2. The minimum Gasteiger partial charge on any atom is -0.386 e. The topological polar surface area (TPSA) is 82.5 Å². The number of fused-ring (bicyclic) bond motifs is 1. The Balaban J connectivity index is 1.94. The van der Waals surface area contributed by atoms with Gasteiger partial charge in [0, 0.05) is 6.42 Å². The van der Waals surface area contributed by atoms with Crippen molar-refractivity contribution in [2.75, 3.05) is 6.61 Å². The second-order valence-corrected chi connectivity index (χ2v) is 6.27. The fourth-order valence-corrected chi connectivity index (χ4v) is 3.29. The fourth-order valence-electron chi connectivity index (χ4n) is 3.29. The first-order chi connectivity index (χ1) is 9.38. The molecule has 0 saturated carbocycles. The monoisotopic (exact) mass is 282 g/mol. The Morgan fingerprint density at radius 3 is 2.65 bits per heavy atom. The Morgan fingerprint density at radius 2 is 2.00 bits per heavy atom. The average molecular weight is 282 g/mol. The van der Waals surface area contributed by atoms with E-state index >= 15 is 0 Å². The van der Waals surface area contributed by atoms with Crippen molar-refractivity contribution in [2.45, 2.75) is 63.3 Å². The van der Waals surface area contributed by atoms with Gasteiger partial charge in [-0.05, 0) is 31.9 Å². The molecular weight excluding hydrogens is 260 g/mol. The summed E-state index contributed by atoms with van der Waals surface area (Å²) >= 11 is 0. The summed E-state index contributed by atoms with van der Waals surface area (Å²) in [4.78, 5) is 0. The summed E-state index contributed by atoms with van der Waals surface area (Å²) in [6.07, 6.45) is -0.824. The van der Waals surface area contributed by atoms with Crippen molar-refractivity contribution in [2.24, 2.45) is 0 Å². The number of hydrogen-bond acceptors (Lipinski definition) is 5. The maximum atomic E-state index is 10.6. The molecule has 3 N–H and O–H groups in total. The van der Waals surface area contributed by atoms with Crippen LogP contribution in [0, 0.1) is 0 Å². The van der Waals surface area contributed by atoms with Crippen LogP contribution in [0.3, 0.4) is 0 Å². The number of rotatable bonds is 2. The molecular formula is C15H22O5. The van der Waals surface area contributed by atoms with E-state index in [-0.39, 0.29) is 12.7 Å². The van der Waals surface area contributed by atoms with Crippen LogP contribution >= 0.6 is 0 Å². The van der Waals surface area contributed by atoms with Crippen LogP contribution in [0.1, 0.15) is 27.2 Å². The van der Waals surface area contributed by atoms with E-state index < -0.39 is 30.0 Å². The summed E-state index contributed by atoms with van der Waals surface area (Å²) < 4.78 is 11.1. The van der Waals surface area contributed by atoms with E-state index in [9.17, 15) is 15.3 Å². The molecule has 20 heavy (non-hydrogen) atoms. The normalized spacial score (nSPS) is 46.6. The standard InChI is InChI=1S/C15H22O5/c1-7(2)4-5-15-13(18)9-6-19-8(3)11(16)10(9)12(17)14(15)20-15/h4,8,11-14,16-18H,5-6H2,1-3H3. The minimum atomic E-state index is -0.881. The van der Waals surface area contributed by atoms with E-state index in [0.717, 1.165) is 5.57 Å². The van der Waals surface area contributed by atoms with Gasteiger partial charge in [0.2, 0.25) is 0 Å². The van der Waals surface area contributed by atoms with Crippen LogP contribution in [-0.2, 0) is 9.47 Å². The van der Waals surface area contributed by atoms with Crippen molar-refractivity contribution in [3.8, 4) is 0 Å². The largest absolute Gasteiger partial charge is 0.386 e. The Hall–Kier alpha value is -0.720. The minimum absolute atomic E-state index is 0.235. The third-order valence-corrected chi connectivity index (χ3v) is 4.63. The molecule has 3 aliphatic rings. The quantitative estimate of drug-likeness (QED) is 0.501. The molecule has 1 fully saturated rings. The molecule has 0 amide bonds. The van der Waals surface area contributed by atoms with Crippen molar-refractivity contribution in [1.82, 2.24) is 0 Å². The Labute approximate surface area is 118 Å². The van der Waals surface area contributed by atoms with Gasteiger partial charge in [-0.15, -0.1) is 0 Å². The second kappa shape index (κ2) is 4.64. The Morgan fingerprint density at radius 1 is 1.30 bits per heavy atom. The summed E-state index contributed by atoms with van der Waals surface area (Å²) in [6.45, 7) is 5.96. The van der Waals surface area contributed by atoms with E-state index in [1.165, 1.54) is 0 Å². The molecule has 2 aliphatic heterocycles. The van der Waals surface area contributed by atoms with E-state index in [0.29, 0.717) is 17.6 Å². The van der Waals surface area contributed by atoms with Crippen molar-refractivity contribution in [1.29, 1.82) is 0 Å². The van der Waals surface area contributed by atoms with Gasteiger partial charge >= 0.3 is 0 Å². The van der Waals surface area contributed by atoms with Gasteiger partial charge in [0.05, 0.1) is 12.7 Å². The van der Waals surface area contributed by atoms with E-state index in [4.69, 9.17) is 9.47 Å². The predicted octanol–water partition coefficient (Wildman–Crippen LogP) is 0.292. The van der Waals surface area contributed by atoms with Gasteiger partial charge in [-0.3, -0.25) is 0 Å². The van der Waals surface area contributed by atoms with Gasteiger partial charge in [-0.1, -0.05) is 11.6 Å². The summed E-state index contributed by atoms with van der Waals surface area (Å²) in [5, 5.41) is 31.2. The van der Waals surface area contributed by atoms with E-state index in [2.05, 4.69) is 0 Å². The molecule has 3 rings (SSSR count). The first kappa shape index (κ1) is 14.2. The maximum Gasteiger partial charge on any atom is 0.131 e. The molecule has 0 radical (unpaired) electrons. The van der Waals surface area contributed by atoms with Crippen LogP contribution < -0.4 is 0 Å².